The van der Waals surface area contributed by atoms with Crippen LogP contribution in [0.4, 0.5) is 8.78 Å². The van der Waals surface area contributed by atoms with E-state index in [2.05, 4.69) is 10.5 Å². The number of hydrogen-bond donors (Lipinski definition) is 2. The number of carbonyl (C=O) groups is 1. The molecule has 0 bridgehead atoms. The number of nitrogens with one attached hydrogen (secondary N) is 1. The van der Waals surface area contributed by atoms with Gasteiger partial charge in [-0.15, -0.1) is 0 Å². The predicted molar refractivity (Wildman–Crippen MR) is 78.9 cm³/mol. The number of rotatable bonds is 3. The average molecular weight is 304 g/mol. The second-order valence-electron chi connectivity index (χ2n) is 4.74. The lowest BCUT2D eigenvalue weighted by atomic mass is 10.1. The average Bonchev–Trinajstić information content (AvgIpc) is 2.48. The number of phenolic OH excluding ortho intramolecular Hbond substituents is 1. The van der Waals surface area contributed by atoms with E-state index in [1.165, 1.54) is 6.92 Å². The molecule has 2 aromatic carbocycles. The molecule has 0 spiro atoms. The number of hydrazone groups is 1. The van der Waals surface area contributed by atoms with Gasteiger partial charge in [0.2, 0.25) is 0 Å². The molecular weight excluding hydrogens is 290 g/mol. The van der Waals surface area contributed by atoms with Gasteiger partial charge in [0.15, 0.2) is 11.6 Å². The van der Waals surface area contributed by atoms with Crippen molar-refractivity contribution in [1.29, 1.82) is 0 Å². The first kappa shape index (κ1) is 15.6. The topological polar surface area (TPSA) is 61.7 Å². The number of carbonyl (C=O) groups excluding carboxylic acids is 1. The van der Waals surface area contributed by atoms with Gasteiger partial charge < -0.3 is 5.11 Å². The Morgan fingerprint density at radius 2 is 1.86 bits per heavy atom. The fraction of sp³-hybridized carbons (Fsp3) is 0.125. The summed E-state index contributed by atoms with van der Waals surface area (Å²) in [7, 11) is 0. The molecule has 2 N–H and O–H groups in total. The summed E-state index contributed by atoms with van der Waals surface area (Å²) in [5, 5.41) is 13.4. The van der Waals surface area contributed by atoms with Gasteiger partial charge in [0.05, 0.1) is 5.71 Å². The van der Waals surface area contributed by atoms with E-state index in [0.29, 0.717) is 11.6 Å². The van der Waals surface area contributed by atoms with Crippen LogP contribution in [-0.4, -0.2) is 16.7 Å². The van der Waals surface area contributed by atoms with Crippen molar-refractivity contribution in [2.45, 2.75) is 13.8 Å². The lowest BCUT2D eigenvalue weighted by molar-refractivity contribution is 0.0954. The second kappa shape index (κ2) is 6.34. The minimum Gasteiger partial charge on any atom is -0.504 e. The van der Waals surface area contributed by atoms with Crippen LogP contribution in [0.2, 0.25) is 0 Å². The van der Waals surface area contributed by atoms with Crippen LogP contribution in [0.1, 0.15) is 28.4 Å². The van der Waals surface area contributed by atoms with Gasteiger partial charge in [-0.1, -0.05) is 18.2 Å². The van der Waals surface area contributed by atoms with Crippen molar-refractivity contribution in [1.82, 2.24) is 5.43 Å². The monoisotopic (exact) mass is 304 g/mol. The molecule has 0 fully saturated rings. The fourth-order valence-corrected chi connectivity index (χ4v) is 1.92. The summed E-state index contributed by atoms with van der Waals surface area (Å²) >= 11 is 0. The van der Waals surface area contributed by atoms with E-state index >= 15 is 0 Å². The van der Waals surface area contributed by atoms with Gasteiger partial charge in [-0.3, -0.25) is 4.79 Å². The van der Waals surface area contributed by atoms with Crippen molar-refractivity contribution >= 4 is 11.6 Å². The first-order valence-electron chi connectivity index (χ1n) is 6.48. The number of phenols is 1. The van der Waals surface area contributed by atoms with Crippen LogP contribution >= 0.6 is 0 Å². The molecule has 0 heterocycles. The molecule has 1 amide bonds. The van der Waals surface area contributed by atoms with Crippen molar-refractivity contribution in [3.05, 3.63) is 64.7 Å². The molecule has 0 saturated heterocycles. The predicted octanol–water partition coefficient (Wildman–Crippen LogP) is 3.13. The van der Waals surface area contributed by atoms with Crippen LogP contribution in [0.5, 0.6) is 5.75 Å². The van der Waals surface area contributed by atoms with Crippen LogP contribution in [0.15, 0.2) is 41.5 Å². The molecule has 0 atom stereocenters. The first-order valence-corrected chi connectivity index (χ1v) is 6.48. The standard InChI is InChI=1S/C16H14F2N2O2/c1-9-5-3-4-6-12(9)16(22)20-19-10(2)13-7-11(17)8-14(18)15(13)21/h3-8,21H,1-2H3,(H,20,22). The molecule has 2 aromatic rings. The largest absolute Gasteiger partial charge is 0.504 e. The molecule has 0 aromatic heterocycles. The first-order chi connectivity index (χ1) is 10.4. The molecule has 0 saturated carbocycles. The Balaban J connectivity index is 2.24. The quantitative estimate of drug-likeness (QED) is 0.676. The van der Waals surface area contributed by atoms with Crippen molar-refractivity contribution in [3.8, 4) is 5.75 Å². The van der Waals surface area contributed by atoms with Crippen molar-refractivity contribution in [2.75, 3.05) is 0 Å². The Kier molecular flexibility index (Phi) is 4.50. The Hall–Kier alpha value is -2.76. The van der Waals surface area contributed by atoms with Gasteiger partial charge in [0.25, 0.3) is 5.91 Å². The minimum atomic E-state index is -1.09. The highest BCUT2D eigenvalue weighted by molar-refractivity contribution is 6.02. The second-order valence-corrected chi connectivity index (χ2v) is 4.74. The Bertz CT molecular complexity index is 758. The zero-order valence-electron chi connectivity index (χ0n) is 12.0. The molecule has 0 radical (unpaired) electrons. The van der Waals surface area contributed by atoms with Gasteiger partial charge >= 0.3 is 0 Å². The summed E-state index contributed by atoms with van der Waals surface area (Å²) in [5.74, 6) is -3.10. The van der Waals surface area contributed by atoms with Crippen LogP contribution in [0, 0.1) is 18.6 Å². The zero-order valence-corrected chi connectivity index (χ0v) is 12.0. The highest BCUT2D eigenvalue weighted by atomic mass is 19.1. The molecule has 114 valence electrons. The van der Waals surface area contributed by atoms with E-state index in [1.807, 2.05) is 0 Å². The van der Waals surface area contributed by atoms with Crippen LogP contribution in [0.3, 0.4) is 0 Å². The maximum absolute atomic E-state index is 13.3. The summed E-state index contributed by atoms with van der Waals surface area (Å²) in [4.78, 5) is 12.0. The zero-order chi connectivity index (χ0) is 16.3. The van der Waals surface area contributed by atoms with Gasteiger partial charge in [0, 0.05) is 17.2 Å². The molecule has 6 heteroatoms. The van der Waals surface area contributed by atoms with Crippen molar-refractivity contribution < 1.29 is 18.7 Å². The maximum Gasteiger partial charge on any atom is 0.271 e. The number of aryl methyl sites for hydroxylation is 1. The van der Waals surface area contributed by atoms with Crippen molar-refractivity contribution in [2.24, 2.45) is 5.10 Å². The van der Waals surface area contributed by atoms with Crippen LogP contribution in [0.25, 0.3) is 0 Å². The number of hydrogen-bond acceptors (Lipinski definition) is 3. The molecule has 0 unspecified atom stereocenters. The highest BCUT2D eigenvalue weighted by Crippen LogP contribution is 2.23. The van der Waals surface area contributed by atoms with Crippen LogP contribution < -0.4 is 5.43 Å². The third-order valence-electron chi connectivity index (χ3n) is 3.13. The third-order valence-corrected chi connectivity index (χ3v) is 3.13. The van der Waals surface area contributed by atoms with E-state index in [0.717, 1.165) is 11.6 Å². The lowest BCUT2D eigenvalue weighted by Crippen LogP contribution is -2.20. The van der Waals surface area contributed by atoms with Crippen LogP contribution in [-0.2, 0) is 0 Å². The van der Waals surface area contributed by atoms with E-state index in [1.54, 1.807) is 31.2 Å². The van der Waals surface area contributed by atoms with E-state index < -0.39 is 23.3 Å². The number of amides is 1. The summed E-state index contributed by atoms with van der Waals surface area (Å²) in [6, 6.07) is 8.43. The molecule has 0 aliphatic heterocycles. The number of benzene rings is 2. The summed E-state index contributed by atoms with van der Waals surface area (Å²) in [6.45, 7) is 3.20. The Labute approximate surface area is 126 Å². The highest BCUT2D eigenvalue weighted by Gasteiger charge is 2.13. The summed E-state index contributed by atoms with van der Waals surface area (Å²) < 4.78 is 26.5. The molecule has 4 nitrogen and oxygen atoms in total. The SMILES string of the molecule is CC(=NNC(=O)c1ccccc1C)c1cc(F)cc(F)c1O. The molecule has 2 rings (SSSR count). The van der Waals surface area contributed by atoms with Gasteiger partial charge in [0.1, 0.15) is 5.82 Å². The lowest BCUT2D eigenvalue weighted by Gasteiger charge is -2.07. The molecular formula is C16H14F2N2O2. The van der Waals surface area contributed by atoms with E-state index in [9.17, 15) is 18.7 Å². The normalized spacial score (nSPS) is 11.4. The number of aromatic hydroxyl groups is 1. The Morgan fingerprint density at radius 3 is 2.55 bits per heavy atom. The van der Waals surface area contributed by atoms with Gasteiger partial charge in [-0.05, 0) is 31.5 Å². The van der Waals surface area contributed by atoms with E-state index in [4.69, 9.17) is 0 Å². The Morgan fingerprint density at radius 1 is 1.18 bits per heavy atom. The fourth-order valence-electron chi connectivity index (χ4n) is 1.92. The number of halogens is 2. The minimum absolute atomic E-state index is 0.0813. The maximum atomic E-state index is 13.3. The third kappa shape index (κ3) is 3.28. The summed E-state index contributed by atoms with van der Waals surface area (Å²) in [5.41, 5.74) is 3.47. The summed E-state index contributed by atoms with van der Waals surface area (Å²) in [6.07, 6.45) is 0. The number of nitrogens with zero attached hydrogens (tertiary/aromatic N) is 1. The molecule has 0 aliphatic carbocycles. The van der Waals surface area contributed by atoms with Gasteiger partial charge in [-0.25, -0.2) is 14.2 Å². The van der Waals surface area contributed by atoms with Crippen molar-refractivity contribution in [3.63, 3.8) is 0 Å². The molecule has 0 aliphatic rings. The molecule has 22 heavy (non-hydrogen) atoms. The van der Waals surface area contributed by atoms with E-state index in [-0.39, 0.29) is 11.3 Å². The smallest absolute Gasteiger partial charge is 0.271 e. The van der Waals surface area contributed by atoms with Gasteiger partial charge in [-0.2, -0.15) is 5.10 Å².